The molecule has 2 aromatic carbocycles. The Kier molecular flexibility index (Phi) is 3.14. The molecule has 0 atom stereocenters. The molecule has 0 aromatic heterocycles. The van der Waals surface area contributed by atoms with Crippen LogP contribution >= 0.6 is 0 Å². The van der Waals surface area contributed by atoms with Crippen molar-refractivity contribution in [2.24, 2.45) is 5.92 Å². The van der Waals surface area contributed by atoms with Crippen LogP contribution in [0.4, 0.5) is 5.69 Å². The number of hydrogen-bond donors (Lipinski definition) is 1. The fourth-order valence-corrected chi connectivity index (χ4v) is 3.80. The van der Waals surface area contributed by atoms with Gasteiger partial charge in [0.05, 0.1) is 5.92 Å². The van der Waals surface area contributed by atoms with Crippen LogP contribution in [0.1, 0.15) is 24.0 Å². The zero-order valence-corrected chi connectivity index (χ0v) is 12.5. The van der Waals surface area contributed by atoms with Crippen molar-refractivity contribution in [3.05, 3.63) is 53.6 Å². The first-order valence-electron chi connectivity index (χ1n) is 7.92. The van der Waals surface area contributed by atoms with E-state index >= 15 is 0 Å². The zero-order valence-electron chi connectivity index (χ0n) is 12.5. The monoisotopic (exact) mass is 293 g/mol. The number of aliphatic carboxylic acids is 1. The molecule has 1 fully saturated rings. The molecule has 4 rings (SSSR count). The van der Waals surface area contributed by atoms with Crippen molar-refractivity contribution in [1.82, 2.24) is 0 Å². The summed E-state index contributed by atoms with van der Waals surface area (Å²) in [7, 11) is 0. The second kappa shape index (κ2) is 5.16. The maximum atomic E-state index is 11.1. The first kappa shape index (κ1) is 13.4. The SMILES string of the molecule is O=C(O)C1CCN(c2cccc3c2Cc2ccccc2-3)CC1. The number of carbonyl (C=O) groups is 1. The predicted octanol–water partition coefficient (Wildman–Crippen LogP) is 3.56. The number of rotatable bonds is 2. The van der Waals surface area contributed by atoms with Crippen molar-refractivity contribution < 1.29 is 9.90 Å². The van der Waals surface area contributed by atoms with Crippen molar-refractivity contribution in [2.45, 2.75) is 19.3 Å². The van der Waals surface area contributed by atoms with E-state index in [2.05, 4.69) is 47.4 Å². The Morgan fingerprint density at radius 1 is 1.00 bits per heavy atom. The number of benzene rings is 2. The lowest BCUT2D eigenvalue weighted by atomic mass is 9.95. The molecule has 1 heterocycles. The van der Waals surface area contributed by atoms with E-state index in [4.69, 9.17) is 5.11 Å². The zero-order chi connectivity index (χ0) is 15.1. The lowest BCUT2D eigenvalue weighted by Gasteiger charge is -2.33. The third-order valence-electron chi connectivity index (χ3n) is 5.01. The fourth-order valence-electron chi connectivity index (χ4n) is 3.80. The van der Waals surface area contributed by atoms with Gasteiger partial charge in [-0.3, -0.25) is 4.79 Å². The van der Waals surface area contributed by atoms with Gasteiger partial charge in [-0.05, 0) is 41.2 Å². The van der Waals surface area contributed by atoms with Crippen LogP contribution < -0.4 is 4.90 Å². The first-order chi connectivity index (χ1) is 10.7. The molecule has 1 aliphatic heterocycles. The van der Waals surface area contributed by atoms with Crippen molar-refractivity contribution in [2.75, 3.05) is 18.0 Å². The summed E-state index contributed by atoms with van der Waals surface area (Å²) in [5, 5.41) is 9.15. The molecule has 0 amide bonds. The predicted molar refractivity (Wildman–Crippen MR) is 87.3 cm³/mol. The minimum Gasteiger partial charge on any atom is -0.481 e. The van der Waals surface area contributed by atoms with E-state index in [1.165, 1.54) is 27.9 Å². The topological polar surface area (TPSA) is 40.5 Å². The van der Waals surface area contributed by atoms with Crippen LogP contribution in [-0.4, -0.2) is 24.2 Å². The Bertz CT molecular complexity index is 730. The Morgan fingerprint density at radius 2 is 1.73 bits per heavy atom. The lowest BCUT2D eigenvalue weighted by molar-refractivity contribution is -0.142. The largest absolute Gasteiger partial charge is 0.481 e. The van der Waals surface area contributed by atoms with Crippen LogP contribution in [0.15, 0.2) is 42.5 Å². The standard InChI is InChI=1S/C19H19NO2/c21-19(22)13-8-10-20(11-9-13)18-7-3-6-16-15-5-2-1-4-14(15)12-17(16)18/h1-7,13H,8-12H2,(H,21,22). The van der Waals surface area contributed by atoms with Crippen molar-refractivity contribution in [3.8, 4) is 11.1 Å². The number of nitrogens with zero attached hydrogens (tertiary/aromatic N) is 1. The highest BCUT2D eigenvalue weighted by Crippen LogP contribution is 2.41. The summed E-state index contributed by atoms with van der Waals surface area (Å²) in [6, 6.07) is 15.1. The average Bonchev–Trinajstić information content (AvgIpc) is 2.93. The molecule has 3 nitrogen and oxygen atoms in total. The number of anilines is 1. The van der Waals surface area contributed by atoms with Gasteiger partial charge < -0.3 is 10.0 Å². The van der Waals surface area contributed by atoms with E-state index in [9.17, 15) is 4.79 Å². The van der Waals surface area contributed by atoms with Crippen LogP contribution in [0.2, 0.25) is 0 Å². The molecule has 1 aliphatic carbocycles. The second-order valence-corrected chi connectivity index (χ2v) is 6.24. The van der Waals surface area contributed by atoms with Crippen molar-refractivity contribution in [3.63, 3.8) is 0 Å². The quantitative estimate of drug-likeness (QED) is 0.785. The Labute approximate surface area is 130 Å². The molecule has 1 N–H and O–H groups in total. The van der Waals surface area contributed by atoms with Crippen LogP contribution in [0.25, 0.3) is 11.1 Å². The summed E-state index contributed by atoms with van der Waals surface area (Å²) in [6.07, 6.45) is 2.47. The van der Waals surface area contributed by atoms with Gasteiger partial charge in [0.2, 0.25) is 0 Å². The number of fused-ring (bicyclic) bond motifs is 3. The molecule has 22 heavy (non-hydrogen) atoms. The van der Waals surface area contributed by atoms with Gasteiger partial charge in [-0.15, -0.1) is 0 Å². The first-order valence-corrected chi connectivity index (χ1v) is 7.92. The average molecular weight is 293 g/mol. The van der Waals surface area contributed by atoms with Gasteiger partial charge in [-0.1, -0.05) is 36.4 Å². The summed E-state index contributed by atoms with van der Waals surface area (Å²) in [5.74, 6) is -0.824. The van der Waals surface area contributed by atoms with Crippen LogP contribution in [-0.2, 0) is 11.2 Å². The number of piperidine rings is 1. The van der Waals surface area contributed by atoms with E-state index < -0.39 is 5.97 Å². The Balaban J connectivity index is 1.65. The van der Waals surface area contributed by atoms with Gasteiger partial charge in [0.25, 0.3) is 0 Å². The minimum atomic E-state index is -0.648. The molecule has 1 saturated heterocycles. The van der Waals surface area contributed by atoms with Gasteiger partial charge >= 0.3 is 5.97 Å². The molecular formula is C19H19NO2. The van der Waals surface area contributed by atoms with Gasteiger partial charge in [0.15, 0.2) is 0 Å². The maximum absolute atomic E-state index is 11.1. The highest BCUT2D eigenvalue weighted by Gasteiger charge is 2.28. The van der Waals surface area contributed by atoms with Crippen LogP contribution in [0, 0.1) is 5.92 Å². The molecule has 2 aromatic rings. The molecule has 0 unspecified atom stereocenters. The maximum Gasteiger partial charge on any atom is 0.306 e. The van der Waals surface area contributed by atoms with Gasteiger partial charge in [0.1, 0.15) is 0 Å². The molecular weight excluding hydrogens is 274 g/mol. The van der Waals surface area contributed by atoms with Crippen molar-refractivity contribution >= 4 is 11.7 Å². The highest BCUT2D eigenvalue weighted by molar-refractivity contribution is 5.82. The number of hydrogen-bond acceptors (Lipinski definition) is 2. The molecule has 2 aliphatic rings. The molecule has 3 heteroatoms. The van der Waals surface area contributed by atoms with E-state index in [0.717, 1.165) is 32.4 Å². The van der Waals surface area contributed by atoms with Gasteiger partial charge in [-0.25, -0.2) is 0 Å². The van der Waals surface area contributed by atoms with Gasteiger partial charge in [-0.2, -0.15) is 0 Å². The van der Waals surface area contributed by atoms with E-state index in [-0.39, 0.29) is 5.92 Å². The fraction of sp³-hybridized carbons (Fsp3) is 0.316. The Morgan fingerprint density at radius 3 is 2.50 bits per heavy atom. The molecule has 112 valence electrons. The van der Waals surface area contributed by atoms with E-state index in [1.54, 1.807) is 0 Å². The smallest absolute Gasteiger partial charge is 0.306 e. The molecule has 0 saturated carbocycles. The summed E-state index contributed by atoms with van der Waals surface area (Å²) in [4.78, 5) is 13.5. The molecule has 0 spiro atoms. The summed E-state index contributed by atoms with van der Waals surface area (Å²) in [5.41, 5.74) is 6.77. The van der Waals surface area contributed by atoms with E-state index in [0.29, 0.717) is 0 Å². The summed E-state index contributed by atoms with van der Waals surface area (Å²) in [6.45, 7) is 1.67. The lowest BCUT2D eigenvalue weighted by Crippen LogP contribution is -2.36. The summed E-state index contributed by atoms with van der Waals surface area (Å²) < 4.78 is 0. The second-order valence-electron chi connectivity index (χ2n) is 6.24. The normalized spacial score (nSPS) is 17.2. The van der Waals surface area contributed by atoms with Crippen LogP contribution in [0.3, 0.4) is 0 Å². The van der Waals surface area contributed by atoms with E-state index in [1.807, 2.05) is 0 Å². The van der Waals surface area contributed by atoms with Crippen molar-refractivity contribution in [1.29, 1.82) is 0 Å². The third kappa shape index (κ3) is 2.08. The molecule has 0 bridgehead atoms. The summed E-state index contributed by atoms with van der Waals surface area (Å²) >= 11 is 0. The highest BCUT2D eigenvalue weighted by atomic mass is 16.4. The van der Waals surface area contributed by atoms with Gasteiger partial charge in [0, 0.05) is 25.2 Å². The number of carboxylic acid groups (broad SMARTS) is 1. The number of carboxylic acids is 1. The minimum absolute atomic E-state index is 0.176. The van der Waals surface area contributed by atoms with Crippen LogP contribution in [0.5, 0.6) is 0 Å². The third-order valence-corrected chi connectivity index (χ3v) is 5.01. The Hall–Kier alpha value is -2.29. The molecule has 0 radical (unpaired) electrons.